The van der Waals surface area contributed by atoms with Crippen LogP contribution in [0.5, 0.6) is 0 Å². The number of likely N-dealkylation sites (tertiary alicyclic amines) is 1. The van der Waals surface area contributed by atoms with Crippen LogP contribution in [0.15, 0.2) is 18.2 Å². The first-order valence-electron chi connectivity index (χ1n) is 8.46. The molecule has 2 rings (SSSR count). The highest BCUT2D eigenvalue weighted by atomic mass is 35.5. The van der Waals surface area contributed by atoms with E-state index in [0.717, 1.165) is 32.1 Å². The van der Waals surface area contributed by atoms with E-state index in [2.05, 4.69) is 14.9 Å². The molecule has 1 aromatic rings. The van der Waals surface area contributed by atoms with Gasteiger partial charge in [-0.3, -0.25) is 9.69 Å². The zero-order valence-corrected chi connectivity index (χ0v) is 16.2. The first kappa shape index (κ1) is 20.6. The maximum absolute atomic E-state index is 12.4. The molecule has 9 heteroatoms. The summed E-state index contributed by atoms with van der Waals surface area (Å²) in [6.45, 7) is 1.34. The lowest BCUT2D eigenvalue weighted by Crippen LogP contribution is -2.45. The van der Waals surface area contributed by atoms with E-state index in [-0.39, 0.29) is 18.5 Å². The summed E-state index contributed by atoms with van der Waals surface area (Å²) >= 11 is 5.94. The van der Waals surface area contributed by atoms with Crippen molar-refractivity contribution in [3.05, 3.63) is 28.8 Å². The molecule has 0 aromatic heterocycles. The molecule has 26 heavy (non-hydrogen) atoms. The van der Waals surface area contributed by atoms with Crippen LogP contribution in [0.25, 0.3) is 0 Å². The molecule has 1 aliphatic heterocycles. The molecule has 1 fully saturated rings. The maximum Gasteiger partial charge on any atom is 0.238 e. The lowest BCUT2D eigenvalue weighted by atomic mass is 9.99. The van der Waals surface area contributed by atoms with Gasteiger partial charge < -0.3 is 5.32 Å². The number of nitriles is 1. The van der Waals surface area contributed by atoms with Crippen molar-refractivity contribution < 1.29 is 13.2 Å². The van der Waals surface area contributed by atoms with E-state index in [1.807, 2.05) is 6.07 Å². The molecule has 1 saturated heterocycles. The third kappa shape index (κ3) is 6.57. The van der Waals surface area contributed by atoms with E-state index in [9.17, 15) is 13.2 Å². The molecule has 1 aromatic carbocycles. The third-order valence-corrected chi connectivity index (χ3v) is 5.28. The second kappa shape index (κ2) is 9.33. The highest BCUT2D eigenvalue weighted by molar-refractivity contribution is 7.88. The number of hydrogen-bond donors (Lipinski definition) is 2. The van der Waals surface area contributed by atoms with Gasteiger partial charge in [0.2, 0.25) is 15.9 Å². The summed E-state index contributed by atoms with van der Waals surface area (Å²) in [5.74, 6) is -0.216. The smallest absolute Gasteiger partial charge is 0.238 e. The maximum atomic E-state index is 12.4. The monoisotopic (exact) mass is 398 g/mol. The quantitative estimate of drug-likeness (QED) is 0.730. The number of nitrogens with one attached hydrogen (secondary N) is 2. The minimum absolute atomic E-state index is 0.151. The summed E-state index contributed by atoms with van der Waals surface area (Å²) in [7, 11) is -3.21. The molecule has 1 heterocycles. The summed E-state index contributed by atoms with van der Waals surface area (Å²) in [5.41, 5.74) is 0.757. The highest BCUT2D eigenvalue weighted by Crippen LogP contribution is 2.22. The summed E-state index contributed by atoms with van der Waals surface area (Å²) in [4.78, 5) is 14.5. The molecule has 0 aliphatic carbocycles. The van der Waals surface area contributed by atoms with Gasteiger partial charge in [0.1, 0.15) is 6.07 Å². The Morgan fingerprint density at radius 3 is 2.88 bits per heavy atom. The van der Waals surface area contributed by atoms with Crippen molar-refractivity contribution in [3.63, 3.8) is 0 Å². The van der Waals surface area contributed by atoms with Crippen molar-refractivity contribution >= 4 is 33.2 Å². The summed E-state index contributed by atoms with van der Waals surface area (Å²) < 4.78 is 24.9. The summed E-state index contributed by atoms with van der Waals surface area (Å²) in [6.07, 6.45) is 4.79. The second-order valence-electron chi connectivity index (χ2n) is 6.43. The van der Waals surface area contributed by atoms with E-state index >= 15 is 0 Å². The Hall–Kier alpha value is -1.66. The molecule has 0 radical (unpaired) electrons. The Balaban J connectivity index is 1.95. The largest absolute Gasteiger partial charge is 0.324 e. The SMILES string of the molecule is CS(=O)(=O)NCCC1CCCCN1CC(=O)Nc1cc(Cl)ccc1C#N. The van der Waals surface area contributed by atoms with Gasteiger partial charge >= 0.3 is 0 Å². The van der Waals surface area contributed by atoms with Gasteiger partial charge in [0.25, 0.3) is 0 Å². The van der Waals surface area contributed by atoms with Crippen molar-refractivity contribution in [1.29, 1.82) is 5.26 Å². The lowest BCUT2D eigenvalue weighted by Gasteiger charge is -2.35. The van der Waals surface area contributed by atoms with E-state index in [1.165, 1.54) is 0 Å². The molecule has 1 atom stereocenters. The fraction of sp³-hybridized carbons (Fsp3) is 0.529. The molecule has 142 valence electrons. The van der Waals surface area contributed by atoms with E-state index in [4.69, 9.17) is 16.9 Å². The topological polar surface area (TPSA) is 102 Å². The van der Waals surface area contributed by atoms with Crippen LogP contribution in [-0.2, 0) is 14.8 Å². The predicted octanol–water partition coefficient (Wildman–Crippen LogP) is 1.94. The van der Waals surface area contributed by atoms with Gasteiger partial charge in [-0.2, -0.15) is 5.26 Å². The number of benzene rings is 1. The number of halogens is 1. The van der Waals surface area contributed by atoms with Crippen molar-refractivity contribution in [1.82, 2.24) is 9.62 Å². The molecule has 0 spiro atoms. The van der Waals surface area contributed by atoms with E-state index in [1.54, 1.807) is 18.2 Å². The zero-order valence-electron chi connectivity index (χ0n) is 14.7. The van der Waals surface area contributed by atoms with Crippen LogP contribution in [0.4, 0.5) is 5.69 Å². The molecule has 7 nitrogen and oxygen atoms in total. The Bertz CT molecular complexity index is 792. The van der Waals surface area contributed by atoms with Gasteiger partial charge in [0.15, 0.2) is 0 Å². The van der Waals surface area contributed by atoms with Crippen LogP contribution in [0, 0.1) is 11.3 Å². The predicted molar refractivity (Wildman–Crippen MR) is 101 cm³/mol. The fourth-order valence-electron chi connectivity index (χ4n) is 3.10. The van der Waals surface area contributed by atoms with Crippen LogP contribution in [0.1, 0.15) is 31.2 Å². The molecular weight excluding hydrogens is 376 g/mol. The van der Waals surface area contributed by atoms with Crippen molar-refractivity contribution in [2.45, 2.75) is 31.7 Å². The molecule has 0 bridgehead atoms. The van der Waals surface area contributed by atoms with Gasteiger partial charge in [-0.25, -0.2) is 13.1 Å². The van der Waals surface area contributed by atoms with Crippen molar-refractivity contribution in [2.75, 3.05) is 31.2 Å². The number of piperidine rings is 1. The van der Waals surface area contributed by atoms with E-state index < -0.39 is 10.0 Å². The summed E-state index contributed by atoms with van der Waals surface area (Å²) in [6, 6.07) is 6.91. The Morgan fingerprint density at radius 1 is 1.42 bits per heavy atom. The van der Waals surface area contributed by atoms with Crippen molar-refractivity contribution in [2.24, 2.45) is 0 Å². The molecule has 2 N–H and O–H groups in total. The van der Waals surface area contributed by atoms with Gasteiger partial charge in [0, 0.05) is 17.6 Å². The van der Waals surface area contributed by atoms with Crippen LogP contribution >= 0.6 is 11.6 Å². The van der Waals surface area contributed by atoms with Crippen molar-refractivity contribution in [3.8, 4) is 6.07 Å². The van der Waals surface area contributed by atoms with Gasteiger partial charge in [-0.05, 0) is 44.0 Å². The third-order valence-electron chi connectivity index (χ3n) is 4.31. The van der Waals surface area contributed by atoms with Gasteiger partial charge in [0.05, 0.1) is 24.1 Å². The Labute approximate surface area is 159 Å². The average molecular weight is 399 g/mol. The van der Waals surface area contributed by atoms with Gasteiger partial charge in [-0.1, -0.05) is 18.0 Å². The lowest BCUT2D eigenvalue weighted by molar-refractivity contribution is -0.118. The number of carbonyl (C=O) groups is 1. The molecule has 0 saturated carbocycles. The number of anilines is 1. The number of rotatable bonds is 7. The minimum atomic E-state index is -3.21. The number of nitrogens with zero attached hydrogens (tertiary/aromatic N) is 2. The Kier molecular flexibility index (Phi) is 7.41. The van der Waals surface area contributed by atoms with Crippen LogP contribution < -0.4 is 10.0 Å². The molecule has 1 aliphatic rings. The van der Waals surface area contributed by atoms with Crippen LogP contribution in [0.2, 0.25) is 5.02 Å². The molecule has 1 unspecified atom stereocenters. The second-order valence-corrected chi connectivity index (χ2v) is 8.69. The highest BCUT2D eigenvalue weighted by Gasteiger charge is 2.24. The normalized spacial score (nSPS) is 18.3. The van der Waals surface area contributed by atoms with Crippen LogP contribution in [0.3, 0.4) is 0 Å². The van der Waals surface area contributed by atoms with Crippen LogP contribution in [-0.4, -0.2) is 51.2 Å². The standard InChI is InChI=1S/C17H23ClN4O3S/c1-26(24,25)20-8-7-15-4-2-3-9-22(15)12-17(23)21-16-10-14(18)6-5-13(16)11-19/h5-6,10,15,20H,2-4,7-9,12H2,1H3,(H,21,23). The fourth-order valence-corrected chi connectivity index (χ4v) is 3.76. The minimum Gasteiger partial charge on any atom is -0.324 e. The zero-order chi connectivity index (χ0) is 19.2. The number of amides is 1. The Morgan fingerprint density at radius 2 is 2.19 bits per heavy atom. The van der Waals surface area contributed by atoms with Gasteiger partial charge in [-0.15, -0.1) is 0 Å². The number of hydrogen-bond acceptors (Lipinski definition) is 5. The average Bonchev–Trinajstić information content (AvgIpc) is 2.55. The summed E-state index contributed by atoms with van der Waals surface area (Å²) in [5, 5.41) is 12.3. The number of sulfonamides is 1. The first-order chi connectivity index (χ1) is 12.3. The first-order valence-corrected chi connectivity index (χ1v) is 10.7. The number of carbonyl (C=O) groups excluding carboxylic acids is 1. The molecule has 1 amide bonds. The molecular formula is C17H23ClN4O3S. The van der Waals surface area contributed by atoms with E-state index in [0.29, 0.717) is 29.2 Å².